The van der Waals surface area contributed by atoms with Gasteiger partial charge >= 0.3 is 0 Å². The van der Waals surface area contributed by atoms with Crippen LogP contribution >= 0.6 is 34.8 Å². The smallest absolute Gasteiger partial charge is 0.107 e. The molecule has 0 radical (unpaired) electrons. The van der Waals surface area contributed by atoms with Crippen molar-refractivity contribution in [3.05, 3.63) is 69.2 Å². The van der Waals surface area contributed by atoms with Gasteiger partial charge in [0.1, 0.15) is 5.60 Å². The van der Waals surface area contributed by atoms with Crippen molar-refractivity contribution in [2.45, 2.75) is 55.9 Å². The Kier molecular flexibility index (Phi) is 6.00. The topological polar surface area (TPSA) is 20.2 Å². The number of hydrogen-bond donors (Lipinski definition) is 1. The Labute approximate surface area is 164 Å². The van der Waals surface area contributed by atoms with E-state index in [1.165, 1.54) is 37.7 Å². The molecule has 2 aromatic carbocycles. The molecule has 25 heavy (non-hydrogen) atoms. The van der Waals surface area contributed by atoms with Crippen LogP contribution in [-0.2, 0) is 5.60 Å². The zero-order valence-electron chi connectivity index (χ0n) is 14.3. The lowest BCUT2D eigenvalue weighted by Crippen LogP contribution is -2.27. The van der Waals surface area contributed by atoms with E-state index in [2.05, 4.69) is 12.1 Å². The first-order chi connectivity index (χ1) is 11.9. The molecule has 134 valence electrons. The van der Waals surface area contributed by atoms with Crippen LogP contribution in [0.4, 0.5) is 0 Å². The molecular formula is C21H23Cl3O. The van der Waals surface area contributed by atoms with E-state index in [1.807, 2.05) is 12.1 Å². The Balaban J connectivity index is 1.83. The van der Waals surface area contributed by atoms with Crippen molar-refractivity contribution in [1.82, 2.24) is 0 Å². The van der Waals surface area contributed by atoms with Crippen LogP contribution in [-0.4, -0.2) is 5.11 Å². The lowest BCUT2D eigenvalue weighted by molar-refractivity contribution is 0.0519. The summed E-state index contributed by atoms with van der Waals surface area (Å²) in [5.41, 5.74) is 1.59. The molecule has 2 aromatic rings. The van der Waals surface area contributed by atoms with Crippen LogP contribution in [0.3, 0.4) is 0 Å². The van der Waals surface area contributed by atoms with E-state index in [0.29, 0.717) is 21.5 Å². The van der Waals surface area contributed by atoms with Gasteiger partial charge in [-0.3, -0.25) is 0 Å². The number of aliphatic hydroxyl groups is 1. The minimum atomic E-state index is -1.23. The molecule has 1 N–H and O–H groups in total. The fourth-order valence-corrected chi connectivity index (χ4v) is 4.57. The Morgan fingerprint density at radius 2 is 1.64 bits per heavy atom. The van der Waals surface area contributed by atoms with Gasteiger partial charge in [0.15, 0.2) is 0 Å². The number of rotatable bonds is 4. The minimum Gasteiger partial charge on any atom is -0.384 e. The molecule has 0 aliphatic heterocycles. The summed E-state index contributed by atoms with van der Waals surface area (Å²) in [6.07, 6.45) is 6.48. The van der Waals surface area contributed by atoms with Gasteiger partial charge in [-0.25, -0.2) is 0 Å². The first kappa shape index (κ1) is 19.0. The summed E-state index contributed by atoms with van der Waals surface area (Å²) < 4.78 is 0. The van der Waals surface area contributed by atoms with Gasteiger partial charge in [0.05, 0.1) is 5.38 Å². The average molecular weight is 398 g/mol. The fraction of sp³-hybridized carbons (Fsp3) is 0.429. The van der Waals surface area contributed by atoms with Crippen LogP contribution in [0.25, 0.3) is 0 Å². The van der Waals surface area contributed by atoms with E-state index in [4.69, 9.17) is 34.8 Å². The predicted molar refractivity (Wildman–Crippen MR) is 107 cm³/mol. The molecule has 1 nitrogen and oxygen atoms in total. The van der Waals surface area contributed by atoms with Gasteiger partial charge in [-0.2, -0.15) is 0 Å². The second kappa shape index (κ2) is 7.88. The molecule has 2 unspecified atom stereocenters. The standard InChI is InChI=1S/C21H23Cl3O/c1-21(25,20(24)18-12-11-17(22)13-19(18)23)16-9-7-15(8-10-16)14-5-3-2-4-6-14/h7-14,20,25H,2-6H2,1H3. The van der Waals surface area contributed by atoms with Gasteiger partial charge in [-0.05, 0) is 54.5 Å². The van der Waals surface area contributed by atoms with Gasteiger partial charge < -0.3 is 5.11 Å². The lowest BCUT2D eigenvalue weighted by atomic mass is 9.82. The first-order valence-electron chi connectivity index (χ1n) is 8.81. The Morgan fingerprint density at radius 1 is 1.00 bits per heavy atom. The second-order valence-electron chi connectivity index (χ2n) is 7.13. The molecule has 0 aromatic heterocycles. The molecule has 1 saturated carbocycles. The molecule has 0 bridgehead atoms. The highest BCUT2D eigenvalue weighted by molar-refractivity contribution is 6.36. The summed E-state index contributed by atoms with van der Waals surface area (Å²) in [5.74, 6) is 0.644. The van der Waals surface area contributed by atoms with Crippen molar-refractivity contribution in [3.63, 3.8) is 0 Å². The fourth-order valence-electron chi connectivity index (χ4n) is 3.68. The largest absolute Gasteiger partial charge is 0.384 e. The molecule has 4 heteroatoms. The molecule has 1 fully saturated rings. The van der Waals surface area contributed by atoms with E-state index >= 15 is 0 Å². The second-order valence-corrected chi connectivity index (χ2v) is 8.41. The SMILES string of the molecule is CC(O)(c1ccc(C2CCCCC2)cc1)C(Cl)c1ccc(Cl)cc1Cl. The highest BCUT2D eigenvalue weighted by Crippen LogP contribution is 2.43. The van der Waals surface area contributed by atoms with Crippen LogP contribution in [0, 0.1) is 0 Å². The average Bonchev–Trinajstić information content (AvgIpc) is 2.62. The number of alkyl halides is 1. The summed E-state index contributed by atoms with van der Waals surface area (Å²) >= 11 is 18.8. The van der Waals surface area contributed by atoms with E-state index in [0.717, 1.165) is 5.56 Å². The van der Waals surface area contributed by atoms with E-state index in [1.54, 1.807) is 25.1 Å². The molecule has 2 atom stereocenters. The molecule has 1 aliphatic rings. The van der Waals surface area contributed by atoms with E-state index in [9.17, 15) is 5.11 Å². The minimum absolute atomic E-state index is 0.464. The first-order valence-corrected chi connectivity index (χ1v) is 10.0. The van der Waals surface area contributed by atoms with Crippen molar-refractivity contribution < 1.29 is 5.11 Å². The molecule has 1 aliphatic carbocycles. The van der Waals surface area contributed by atoms with Gasteiger partial charge in [0.25, 0.3) is 0 Å². The number of benzene rings is 2. The van der Waals surface area contributed by atoms with Crippen LogP contribution in [0.15, 0.2) is 42.5 Å². The summed E-state index contributed by atoms with van der Waals surface area (Å²) in [6.45, 7) is 1.73. The van der Waals surface area contributed by atoms with Crippen LogP contribution in [0.2, 0.25) is 10.0 Å². The summed E-state index contributed by atoms with van der Waals surface area (Å²) in [7, 11) is 0. The molecule has 0 spiro atoms. The van der Waals surface area contributed by atoms with Crippen molar-refractivity contribution in [2.24, 2.45) is 0 Å². The normalized spacial score (nSPS) is 19.4. The Hall–Kier alpha value is -0.730. The highest BCUT2D eigenvalue weighted by atomic mass is 35.5. The molecule has 3 rings (SSSR count). The zero-order valence-corrected chi connectivity index (χ0v) is 16.6. The van der Waals surface area contributed by atoms with Gasteiger partial charge in [0.2, 0.25) is 0 Å². The van der Waals surface area contributed by atoms with Crippen LogP contribution < -0.4 is 0 Å². The monoisotopic (exact) mass is 396 g/mol. The third-order valence-corrected chi connectivity index (χ3v) is 6.52. The number of hydrogen-bond acceptors (Lipinski definition) is 1. The third kappa shape index (κ3) is 4.17. The third-order valence-electron chi connectivity index (χ3n) is 5.30. The van der Waals surface area contributed by atoms with Crippen LogP contribution in [0.5, 0.6) is 0 Å². The van der Waals surface area contributed by atoms with Crippen LogP contribution in [0.1, 0.15) is 67.0 Å². The number of halogens is 3. The molecule has 0 heterocycles. The van der Waals surface area contributed by atoms with E-state index < -0.39 is 11.0 Å². The van der Waals surface area contributed by atoms with Gasteiger partial charge in [0, 0.05) is 10.0 Å². The van der Waals surface area contributed by atoms with Gasteiger partial charge in [-0.1, -0.05) is 72.8 Å². The van der Waals surface area contributed by atoms with E-state index in [-0.39, 0.29) is 0 Å². The zero-order chi connectivity index (χ0) is 18.0. The molecule has 0 amide bonds. The summed E-state index contributed by atoms with van der Waals surface area (Å²) in [6, 6.07) is 13.4. The lowest BCUT2D eigenvalue weighted by Gasteiger charge is -2.31. The van der Waals surface area contributed by atoms with Crippen molar-refractivity contribution in [2.75, 3.05) is 0 Å². The maximum Gasteiger partial charge on any atom is 0.107 e. The predicted octanol–water partition coefficient (Wildman–Crippen LogP) is 7.23. The Bertz CT molecular complexity index is 718. The maximum absolute atomic E-state index is 11.1. The maximum atomic E-state index is 11.1. The van der Waals surface area contributed by atoms with Gasteiger partial charge in [-0.15, -0.1) is 11.6 Å². The molecule has 0 saturated heterocycles. The highest BCUT2D eigenvalue weighted by Gasteiger charge is 2.35. The summed E-state index contributed by atoms with van der Waals surface area (Å²) in [4.78, 5) is 0. The molecular weight excluding hydrogens is 375 g/mol. The summed E-state index contributed by atoms with van der Waals surface area (Å²) in [5, 5.41) is 11.4. The van der Waals surface area contributed by atoms with Crippen molar-refractivity contribution >= 4 is 34.8 Å². The van der Waals surface area contributed by atoms with Crippen molar-refractivity contribution in [3.8, 4) is 0 Å². The quantitative estimate of drug-likeness (QED) is 0.539. The van der Waals surface area contributed by atoms with Crippen molar-refractivity contribution in [1.29, 1.82) is 0 Å². The Morgan fingerprint density at radius 3 is 2.24 bits per heavy atom.